The van der Waals surface area contributed by atoms with E-state index in [2.05, 4.69) is 5.32 Å². The van der Waals surface area contributed by atoms with Crippen LogP contribution in [0, 0.1) is 0 Å². The first-order valence-electron chi connectivity index (χ1n) is 8.37. The van der Waals surface area contributed by atoms with E-state index in [1.54, 1.807) is 27.7 Å². The molecule has 1 N–H and O–H groups in total. The normalized spacial score (nSPS) is 11.3. The Hall–Kier alpha value is -3.10. The lowest BCUT2D eigenvalue weighted by molar-refractivity contribution is 0.0527. The lowest BCUT2D eigenvalue weighted by atomic mass is 10.1. The summed E-state index contributed by atoms with van der Waals surface area (Å²) in [7, 11) is 2.87. The number of aromatic nitrogens is 2. The number of carbonyl (C=O) groups excluding carboxylic acids is 2. The fourth-order valence-electron chi connectivity index (χ4n) is 2.51. The SMILES string of the molecule is CCOC(=O)c1cc2c(cc1NC(=O)OC(C)(C)C)n(C)c(=O)c(=O)n2C. The third-order valence-corrected chi connectivity index (χ3v) is 3.76. The predicted molar refractivity (Wildman–Crippen MR) is 100 cm³/mol. The third kappa shape index (κ3) is 4.18. The highest BCUT2D eigenvalue weighted by molar-refractivity contribution is 6.03. The van der Waals surface area contributed by atoms with Crippen LogP contribution in [0.1, 0.15) is 38.1 Å². The molecule has 0 aliphatic rings. The number of carbonyl (C=O) groups is 2. The topological polar surface area (TPSA) is 109 Å². The Bertz CT molecular complexity index is 1030. The summed E-state index contributed by atoms with van der Waals surface area (Å²) >= 11 is 0. The number of aryl methyl sites for hydroxylation is 2. The molecule has 0 radical (unpaired) electrons. The van der Waals surface area contributed by atoms with Gasteiger partial charge in [0.25, 0.3) is 0 Å². The molecular formula is C18H23N3O6. The first kappa shape index (κ1) is 20.2. The summed E-state index contributed by atoms with van der Waals surface area (Å²) in [4.78, 5) is 48.6. The van der Waals surface area contributed by atoms with Crippen LogP contribution in [0.15, 0.2) is 21.7 Å². The number of esters is 1. The number of benzene rings is 1. The second-order valence-electron chi connectivity index (χ2n) is 6.96. The largest absolute Gasteiger partial charge is 0.462 e. The number of hydrogen-bond donors (Lipinski definition) is 1. The standard InChI is InChI=1S/C18H23N3O6/c1-7-26-16(24)10-8-12-13(21(6)15(23)14(22)20(12)5)9-11(10)19-17(25)27-18(2,3)4/h8-9H,7H2,1-6H3,(H,19,25). The van der Waals surface area contributed by atoms with Gasteiger partial charge in [-0.2, -0.15) is 0 Å². The average molecular weight is 377 g/mol. The van der Waals surface area contributed by atoms with Gasteiger partial charge in [-0.05, 0) is 39.8 Å². The van der Waals surface area contributed by atoms with Crippen molar-refractivity contribution in [2.24, 2.45) is 14.1 Å². The quantitative estimate of drug-likeness (QED) is 0.645. The van der Waals surface area contributed by atoms with E-state index < -0.39 is 28.8 Å². The van der Waals surface area contributed by atoms with Crippen molar-refractivity contribution in [2.45, 2.75) is 33.3 Å². The van der Waals surface area contributed by atoms with E-state index in [1.165, 1.54) is 26.2 Å². The maximum absolute atomic E-state index is 12.4. The summed E-state index contributed by atoms with van der Waals surface area (Å²) in [5, 5.41) is 2.51. The second kappa shape index (κ2) is 7.26. The number of amides is 1. The molecule has 0 saturated heterocycles. The van der Waals surface area contributed by atoms with Crippen molar-refractivity contribution in [1.29, 1.82) is 0 Å². The van der Waals surface area contributed by atoms with Crippen LogP contribution in [-0.2, 0) is 23.6 Å². The van der Waals surface area contributed by atoms with Crippen LogP contribution in [-0.4, -0.2) is 33.4 Å². The fourth-order valence-corrected chi connectivity index (χ4v) is 2.51. The number of fused-ring (bicyclic) bond motifs is 1. The maximum atomic E-state index is 12.4. The molecule has 1 amide bonds. The van der Waals surface area contributed by atoms with E-state index in [-0.39, 0.29) is 17.9 Å². The van der Waals surface area contributed by atoms with Gasteiger partial charge >= 0.3 is 23.2 Å². The number of hydrogen-bond acceptors (Lipinski definition) is 6. The van der Waals surface area contributed by atoms with Gasteiger partial charge in [-0.25, -0.2) is 9.59 Å². The monoisotopic (exact) mass is 377 g/mol. The molecule has 0 spiro atoms. The molecule has 27 heavy (non-hydrogen) atoms. The summed E-state index contributed by atoms with van der Waals surface area (Å²) in [6.07, 6.45) is -0.762. The molecular weight excluding hydrogens is 354 g/mol. The molecule has 0 aliphatic heterocycles. The molecule has 1 heterocycles. The number of rotatable bonds is 3. The van der Waals surface area contributed by atoms with Gasteiger partial charge < -0.3 is 18.6 Å². The number of nitrogens with zero attached hydrogens (tertiary/aromatic N) is 2. The predicted octanol–water partition coefficient (Wildman–Crippen LogP) is 1.76. The van der Waals surface area contributed by atoms with Crippen LogP contribution in [0.4, 0.5) is 10.5 Å². The van der Waals surface area contributed by atoms with Crippen LogP contribution in [0.3, 0.4) is 0 Å². The molecule has 2 aromatic rings. The van der Waals surface area contributed by atoms with Crippen molar-refractivity contribution in [3.63, 3.8) is 0 Å². The zero-order valence-corrected chi connectivity index (χ0v) is 16.2. The Labute approximate surface area is 155 Å². The van der Waals surface area contributed by atoms with E-state index in [4.69, 9.17) is 9.47 Å². The number of nitrogens with one attached hydrogen (secondary N) is 1. The molecule has 0 aliphatic carbocycles. The van der Waals surface area contributed by atoms with Gasteiger partial charge in [-0.15, -0.1) is 0 Å². The summed E-state index contributed by atoms with van der Waals surface area (Å²) in [6, 6.07) is 2.84. The molecule has 9 nitrogen and oxygen atoms in total. The molecule has 0 saturated carbocycles. The second-order valence-corrected chi connectivity index (χ2v) is 6.96. The van der Waals surface area contributed by atoms with Crippen molar-refractivity contribution in [2.75, 3.05) is 11.9 Å². The van der Waals surface area contributed by atoms with Crippen LogP contribution in [0.5, 0.6) is 0 Å². The Morgan fingerprint density at radius 2 is 1.56 bits per heavy atom. The maximum Gasteiger partial charge on any atom is 0.412 e. The highest BCUT2D eigenvalue weighted by Crippen LogP contribution is 2.24. The van der Waals surface area contributed by atoms with Crippen LogP contribution in [0.2, 0.25) is 0 Å². The Morgan fingerprint density at radius 1 is 1.04 bits per heavy atom. The van der Waals surface area contributed by atoms with E-state index >= 15 is 0 Å². The molecule has 2 rings (SSSR count). The summed E-state index contributed by atoms with van der Waals surface area (Å²) < 4.78 is 12.6. The van der Waals surface area contributed by atoms with Gasteiger partial charge in [0.15, 0.2) is 0 Å². The van der Waals surface area contributed by atoms with Crippen molar-refractivity contribution in [3.05, 3.63) is 38.4 Å². The number of anilines is 1. The van der Waals surface area contributed by atoms with Crippen LogP contribution >= 0.6 is 0 Å². The van der Waals surface area contributed by atoms with Crippen molar-refractivity contribution < 1.29 is 19.1 Å². The molecule has 0 unspecified atom stereocenters. The third-order valence-electron chi connectivity index (χ3n) is 3.76. The summed E-state index contributed by atoms with van der Waals surface area (Å²) in [6.45, 7) is 6.91. The van der Waals surface area contributed by atoms with Crippen LogP contribution < -0.4 is 16.4 Å². The molecule has 0 fully saturated rings. The first-order valence-corrected chi connectivity index (χ1v) is 8.37. The Morgan fingerprint density at radius 3 is 2.04 bits per heavy atom. The van der Waals surface area contributed by atoms with Gasteiger partial charge in [0.1, 0.15) is 5.60 Å². The van der Waals surface area contributed by atoms with Crippen molar-refractivity contribution in [3.8, 4) is 0 Å². The molecule has 146 valence electrons. The van der Waals surface area contributed by atoms with Gasteiger partial charge in [-0.1, -0.05) is 0 Å². The Balaban J connectivity index is 2.71. The lowest BCUT2D eigenvalue weighted by Crippen LogP contribution is -2.39. The fraction of sp³-hybridized carbons (Fsp3) is 0.444. The minimum Gasteiger partial charge on any atom is -0.462 e. The summed E-state index contributed by atoms with van der Waals surface area (Å²) in [5.74, 6) is -0.674. The highest BCUT2D eigenvalue weighted by atomic mass is 16.6. The van der Waals surface area contributed by atoms with Gasteiger partial charge in [-0.3, -0.25) is 14.9 Å². The lowest BCUT2D eigenvalue weighted by Gasteiger charge is -2.21. The minimum atomic E-state index is -0.762. The molecule has 9 heteroatoms. The molecule has 1 aromatic carbocycles. The van der Waals surface area contributed by atoms with Crippen LogP contribution in [0.25, 0.3) is 11.0 Å². The molecule has 0 atom stereocenters. The van der Waals surface area contributed by atoms with E-state index in [0.717, 1.165) is 9.13 Å². The average Bonchev–Trinajstić information content (AvgIpc) is 2.56. The van der Waals surface area contributed by atoms with Crippen molar-refractivity contribution >= 4 is 28.8 Å². The minimum absolute atomic E-state index is 0.0452. The van der Waals surface area contributed by atoms with E-state index in [1.807, 2.05) is 0 Å². The van der Waals surface area contributed by atoms with Gasteiger partial charge in [0.05, 0.1) is 28.9 Å². The van der Waals surface area contributed by atoms with Crippen molar-refractivity contribution in [1.82, 2.24) is 9.13 Å². The van der Waals surface area contributed by atoms with Gasteiger partial charge in [0.2, 0.25) is 0 Å². The smallest absolute Gasteiger partial charge is 0.412 e. The molecule has 0 bridgehead atoms. The van der Waals surface area contributed by atoms with Gasteiger partial charge in [0, 0.05) is 14.1 Å². The first-order chi connectivity index (χ1) is 12.5. The zero-order valence-electron chi connectivity index (χ0n) is 16.2. The Kier molecular flexibility index (Phi) is 5.43. The van der Waals surface area contributed by atoms with E-state index in [0.29, 0.717) is 11.0 Å². The zero-order chi connectivity index (χ0) is 20.5. The summed E-state index contributed by atoms with van der Waals surface area (Å²) in [5.41, 5.74) is -1.32. The highest BCUT2D eigenvalue weighted by Gasteiger charge is 2.22. The molecule has 1 aromatic heterocycles. The number of ether oxygens (including phenoxy) is 2. The van der Waals surface area contributed by atoms with E-state index in [9.17, 15) is 19.2 Å².